The van der Waals surface area contributed by atoms with E-state index in [1.807, 2.05) is 12.3 Å². The molecule has 0 spiro atoms. The molecule has 0 bridgehead atoms. The van der Waals surface area contributed by atoms with E-state index in [9.17, 15) is 0 Å². The molecule has 0 fully saturated rings. The van der Waals surface area contributed by atoms with Gasteiger partial charge in [0.2, 0.25) is 0 Å². The summed E-state index contributed by atoms with van der Waals surface area (Å²) in [7, 11) is 0. The molecule has 0 saturated heterocycles. The molecule has 1 aliphatic heterocycles. The number of ether oxygens (including phenoxy) is 1. The van der Waals surface area contributed by atoms with Crippen molar-refractivity contribution in [3.63, 3.8) is 0 Å². The SMILES string of the molecule is CC1=C(C)N(c2cc(C(C)(C)C)cc(C(C)(C)C)c2)CN1c1cccc(Oc2ccc3c4ccccc4n(-c4cc(C(C)C)ccn4)c3c2)c1. The molecule has 7 rings (SSSR count). The van der Waals surface area contributed by atoms with Crippen LogP contribution in [0.1, 0.15) is 91.8 Å². The number of rotatable bonds is 6. The maximum atomic E-state index is 6.63. The third-order valence-corrected chi connectivity index (χ3v) is 10.3. The van der Waals surface area contributed by atoms with E-state index in [4.69, 9.17) is 9.72 Å². The zero-order valence-electron chi connectivity index (χ0n) is 31.3. The molecule has 0 N–H and O–H groups in total. The lowest BCUT2D eigenvalue weighted by Crippen LogP contribution is -2.28. The molecule has 1 aliphatic rings. The van der Waals surface area contributed by atoms with Gasteiger partial charge >= 0.3 is 0 Å². The summed E-state index contributed by atoms with van der Waals surface area (Å²) in [6.45, 7) is 23.4. The van der Waals surface area contributed by atoms with Gasteiger partial charge in [0.15, 0.2) is 0 Å². The van der Waals surface area contributed by atoms with E-state index in [1.165, 1.54) is 44.5 Å². The van der Waals surface area contributed by atoms with Crippen LogP contribution in [-0.4, -0.2) is 16.2 Å². The Labute approximate surface area is 297 Å². The molecule has 3 heterocycles. The highest BCUT2D eigenvalue weighted by Crippen LogP contribution is 2.40. The first-order valence-corrected chi connectivity index (χ1v) is 17.8. The predicted octanol–water partition coefficient (Wildman–Crippen LogP) is 12.2. The van der Waals surface area contributed by atoms with Crippen LogP contribution in [0.4, 0.5) is 11.4 Å². The van der Waals surface area contributed by atoms with Crippen LogP contribution < -0.4 is 14.5 Å². The minimum absolute atomic E-state index is 0.0553. The summed E-state index contributed by atoms with van der Waals surface area (Å²) >= 11 is 0. The first kappa shape index (κ1) is 33.5. The van der Waals surface area contributed by atoms with Crippen molar-refractivity contribution in [2.45, 2.75) is 86.0 Å². The highest BCUT2D eigenvalue weighted by atomic mass is 16.5. The molecule has 0 unspecified atom stereocenters. The summed E-state index contributed by atoms with van der Waals surface area (Å²) in [5.41, 5.74) is 11.1. The third kappa shape index (κ3) is 6.15. The van der Waals surface area contributed by atoms with Gasteiger partial charge < -0.3 is 14.5 Å². The second-order valence-electron chi connectivity index (χ2n) is 16.2. The van der Waals surface area contributed by atoms with Gasteiger partial charge in [0.05, 0.1) is 17.7 Å². The molecule has 6 aromatic rings. The zero-order valence-corrected chi connectivity index (χ0v) is 31.3. The van der Waals surface area contributed by atoms with Gasteiger partial charge in [-0.2, -0.15) is 0 Å². The van der Waals surface area contributed by atoms with Crippen LogP contribution in [0.15, 0.2) is 115 Å². The predicted molar refractivity (Wildman–Crippen MR) is 211 cm³/mol. The minimum atomic E-state index is 0.0553. The van der Waals surface area contributed by atoms with Gasteiger partial charge in [-0.25, -0.2) is 4.98 Å². The lowest BCUT2D eigenvalue weighted by molar-refractivity contribution is 0.483. The Morgan fingerprint density at radius 1 is 0.620 bits per heavy atom. The fourth-order valence-corrected chi connectivity index (χ4v) is 6.96. The molecule has 4 aromatic carbocycles. The Kier molecular flexibility index (Phi) is 8.29. The number of hydrogen-bond acceptors (Lipinski definition) is 4. The molecule has 0 saturated carbocycles. The average Bonchev–Trinajstić information content (AvgIpc) is 3.57. The van der Waals surface area contributed by atoms with Crippen LogP contribution in [-0.2, 0) is 10.8 Å². The summed E-state index contributed by atoms with van der Waals surface area (Å²) in [6, 6.07) is 34.8. The molecule has 5 heteroatoms. The number of para-hydroxylation sites is 1. The lowest BCUT2D eigenvalue weighted by atomic mass is 9.80. The Morgan fingerprint density at radius 3 is 1.94 bits per heavy atom. The van der Waals surface area contributed by atoms with Gasteiger partial charge in [0.25, 0.3) is 0 Å². The third-order valence-electron chi connectivity index (χ3n) is 10.3. The number of allylic oxidation sites excluding steroid dienone is 2. The Bertz CT molecular complexity index is 2230. The van der Waals surface area contributed by atoms with E-state index in [-0.39, 0.29) is 10.8 Å². The van der Waals surface area contributed by atoms with E-state index in [0.717, 1.165) is 40.7 Å². The number of aromatic nitrogens is 2. The van der Waals surface area contributed by atoms with Crippen molar-refractivity contribution in [3.05, 3.63) is 131 Å². The molecule has 50 heavy (non-hydrogen) atoms. The van der Waals surface area contributed by atoms with Crippen molar-refractivity contribution in [2.75, 3.05) is 16.5 Å². The van der Waals surface area contributed by atoms with Crippen LogP contribution in [0.5, 0.6) is 11.5 Å². The minimum Gasteiger partial charge on any atom is -0.457 e. The summed E-state index contributed by atoms with van der Waals surface area (Å²) in [5.74, 6) is 2.92. The standard InChI is InChI=1S/C45H50N4O/c1-29(2)32-20-21-46-43(22-32)49-41-17-12-11-16-39(41)40-19-18-38(27-42(40)49)50-37-15-13-14-35(26-37)47-28-48(31(4)30(47)3)36-24-33(44(5,6)7)23-34(25-36)45(8,9)10/h11-27,29H,28H2,1-10H3. The fraction of sp³-hybridized carbons (Fsp3) is 0.311. The van der Waals surface area contributed by atoms with Crippen LogP contribution in [0.3, 0.4) is 0 Å². The van der Waals surface area contributed by atoms with Crippen LogP contribution in [0, 0.1) is 0 Å². The maximum Gasteiger partial charge on any atom is 0.137 e. The van der Waals surface area contributed by atoms with Gasteiger partial charge in [-0.05, 0) is 102 Å². The van der Waals surface area contributed by atoms with Crippen LogP contribution in [0.25, 0.3) is 27.6 Å². The van der Waals surface area contributed by atoms with Gasteiger partial charge in [-0.3, -0.25) is 4.57 Å². The smallest absolute Gasteiger partial charge is 0.137 e. The van der Waals surface area contributed by atoms with Gasteiger partial charge in [-0.15, -0.1) is 0 Å². The number of pyridine rings is 1. The quantitative estimate of drug-likeness (QED) is 0.178. The lowest BCUT2D eigenvalue weighted by Gasteiger charge is -2.30. The monoisotopic (exact) mass is 662 g/mol. The second-order valence-corrected chi connectivity index (χ2v) is 16.2. The molecule has 5 nitrogen and oxygen atoms in total. The first-order valence-electron chi connectivity index (χ1n) is 17.8. The maximum absolute atomic E-state index is 6.63. The second kappa shape index (κ2) is 12.4. The van der Waals surface area contributed by atoms with Crippen LogP contribution in [0.2, 0.25) is 0 Å². The Morgan fingerprint density at radius 2 is 1.26 bits per heavy atom. The van der Waals surface area contributed by atoms with Crippen molar-refractivity contribution in [2.24, 2.45) is 0 Å². The summed E-state index contributed by atoms with van der Waals surface area (Å²) in [4.78, 5) is 9.65. The zero-order chi connectivity index (χ0) is 35.5. The number of anilines is 2. The molecular weight excluding hydrogens is 613 g/mol. The molecule has 0 radical (unpaired) electrons. The average molecular weight is 663 g/mol. The van der Waals surface area contributed by atoms with E-state index in [2.05, 4.69) is 175 Å². The highest BCUT2D eigenvalue weighted by Gasteiger charge is 2.29. The summed E-state index contributed by atoms with van der Waals surface area (Å²) in [6.07, 6.45) is 1.92. The van der Waals surface area contributed by atoms with Gasteiger partial charge in [-0.1, -0.05) is 85.7 Å². The molecule has 0 aliphatic carbocycles. The Hall–Kier alpha value is -5.03. The van der Waals surface area contributed by atoms with E-state index in [1.54, 1.807) is 0 Å². The molecule has 256 valence electrons. The molecule has 2 aromatic heterocycles. The van der Waals surface area contributed by atoms with Crippen molar-refractivity contribution in [1.29, 1.82) is 0 Å². The Balaban J connectivity index is 1.22. The van der Waals surface area contributed by atoms with Gasteiger partial charge in [0, 0.05) is 51.9 Å². The van der Waals surface area contributed by atoms with E-state index in [0.29, 0.717) is 5.92 Å². The number of benzene rings is 4. The number of nitrogens with zero attached hydrogens (tertiary/aromatic N) is 4. The highest BCUT2D eigenvalue weighted by molar-refractivity contribution is 6.09. The first-order chi connectivity index (χ1) is 23.7. The van der Waals surface area contributed by atoms with E-state index >= 15 is 0 Å². The molecule has 0 amide bonds. The van der Waals surface area contributed by atoms with Crippen molar-refractivity contribution in [3.8, 4) is 17.3 Å². The topological polar surface area (TPSA) is 33.5 Å². The molecule has 0 atom stereocenters. The fourth-order valence-electron chi connectivity index (χ4n) is 6.96. The number of hydrogen-bond donors (Lipinski definition) is 0. The van der Waals surface area contributed by atoms with Crippen LogP contribution >= 0.6 is 0 Å². The summed E-state index contributed by atoms with van der Waals surface area (Å²) < 4.78 is 8.88. The van der Waals surface area contributed by atoms with Gasteiger partial charge in [0.1, 0.15) is 17.3 Å². The van der Waals surface area contributed by atoms with Crippen molar-refractivity contribution >= 4 is 33.2 Å². The summed E-state index contributed by atoms with van der Waals surface area (Å²) in [5, 5.41) is 2.38. The van der Waals surface area contributed by atoms with Crippen molar-refractivity contribution in [1.82, 2.24) is 9.55 Å². The largest absolute Gasteiger partial charge is 0.457 e. The molecular formula is C45H50N4O. The normalized spacial score (nSPS) is 14.1. The van der Waals surface area contributed by atoms with E-state index < -0.39 is 0 Å². The number of fused-ring (bicyclic) bond motifs is 3. The van der Waals surface area contributed by atoms with Crippen molar-refractivity contribution < 1.29 is 4.74 Å².